The van der Waals surface area contributed by atoms with Crippen molar-refractivity contribution in [2.24, 2.45) is 11.8 Å². The lowest BCUT2D eigenvalue weighted by Crippen LogP contribution is -2.40. The van der Waals surface area contributed by atoms with E-state index >= 15 is 0 Å². The molecule has 0 spiro atoms. The lowest BCUT2D eigenvalue weighted by atomic mass is 9.76. The number of amides is 2. The maximum atomic E-state index is 12.2. The Balaban J connectivity index is 2.06. The van der Waals surface area contributed by atoms with Crippen LogP contribution in [0.15, 0.2) is 12.2 Å². The molecular weight excluding hydrogens is 206 g/mol. The molecule has 16 heavy (non-hydrogen) atoms. The van der Waals surface area contributed by atoms with Crippen LogP contribution in [0.5, 0.6) is 0 Å². The minimum atomic E-state index is -0.508. The van der Waals surface area contributed by atoms with E-state index < -0.39 is 5.60 Å². The lowest BCUT2D eigenvalue weighted by molar-refractivity contribution is -0.144. The number of likely N-dealkylation sites (tertiary alicyclic amines) is 1. The lowest BCUT2D eigenvalue weighted by Gasteiger charge is -2.27. The number of hydrogen-bond donors (Lipinski definition) is 0. The number of imide groups is 1. The molecule has 4 unspecified atom stereocenters. The van der Waals surface area contributed by atoms with E-state index in [-0.39, 0.29) is 29.8 Å². The Morgan fingerprint density at radius 3 is 2.75 bits per heavy atom. The number of nitrogens with zero attached hydrogens (tertiary/aromatic N) is 1. The predicted octanol–water partition coefficient (Wildman–Crippen LogP) is 0.725. The fourth-order valence-corrected chi connectivity index (χ4v) is 3.29. The average Bonchev–Trinajstić information content (AvgIpc) is 2.91. The summed E-state index contributed by atoms with van der Waals surface area (Å²) >= 11 is 0. The van der Waals surface area contributed by atoms with E-state index in [0.29, 0.717) is 6.54 Å². The predicted molar refractivity (Wildman–Crippen MR) is 56.4 cm³/mol. The second-order valence-corrected chi connectivity index (χ2v) is 4.67. The van der Waals surface area contributed by atoms with E-state index in [2.05, 4.69) is 0 Å². The number of rotatable bonds is 2. The first-order valence-electron chi connectivity index (χ1n) is 5.87. The summed E-state index contributed by atoms with van der Waals surface area (Å²) in [6.07, 6.45) is 4.48. The van der Waals surface area contributed by atoms with E-state index in [4.69, 9.17) is 4.74 Å². The van der Waals surface area contributed by atoms with Gasteiger partial charge in [0.25, 0.3) is 0 Å². The van der Waals surface area contributed by atoms with Gasteiger partial charge in [0.15, 0.2) is 0 Å². The zero-order valence-corrected chi connectivity index (χ0v) is 9.47. The first kappa shape index (κ1) is 10.0. The molecule has 0 aromatic carbocycles. The van der Waals surface area contributed by atoms with Crippen molar-refractivity contribution in [3.8, 4) is 0 Å². The van der Waals surface area contributed by atoms with Crippen LogP contribution >= 0.6 is 0 Å². The molecule has 3 aliphatic rings. The molecular formula is C12H15NO3. The summed E-state index contributed by atoms with van der Waals surface area (Å²) in [5, 5.41) is 0. The Morgan fingerprint density at radius 2 is 2.12 bits per heavy atom. The van der Waals surface area contributed by atoms with E-state index in [0.717, 1.165) is 6.42 Å². The van der Waals surface area contributed by atoms with Gasteiger partial charge < -0.3 is 4.74 Å². The molecule has 4 heteroatoms. The fraction of sp³-hybridized carbons (Fsp3) is 0.667. The van der Waals surface area contributed by atoms with Gasteiger partial charge in [0.05, 0.1) is 23.5 Å². The fourth-order valence-electron chi connectivity index (χ4n) is 3.29. The minimum Gasteiger partial charge on any atom is -0.362 e. The van der Waals surface area contributed by atoms with Crippen molar-refractivity contribution in [3.05, 3.63) is 12.2 Å². The molecule has 86 valence electrons. The molecule has 3 heterocycles. The molecule has 2 bridgehead atoms. The van der Waals surface area contributed by atoms with Crippen LogP contribution in [0.2, 0.25) is 0 Å². The molecule has 2 fully saturated rings. The Hall–Kier alpha value is -1.16. The average molecular weight is 221 g/mol. The maximum absolute atomic E-state index is 12.2. The van der Waals surface area contributed by atoms with E-state index in [1.807, 2.05) is 26.0 Å². The number of fused-ring (bicyclic) bond motifs is 5. The highest BCUT2D eigenvalue weighted by Gasteiger charge is 2.66. The summed E-state index contributed by atoms with van der Waals surface area (Å²) in [5.41, 5.74) is -0.508. The molecule has 0 saturated carbocycles. The number of ether oxygens (including phenoxy) is 1. The number of hydrogen-bond acceptors (Lipinski definition) is 3. The van der Waals surface area contributed by atoms with Crippen LogP contribution in [0, 0.1) is 11.8 Å². The minimum absolute atomic E-state index is 0.0498. The van der Waals surface area contributed by atoms with Crippen molar-refractivity contribution in [3.63, 3.8) is 0 Å². The van der Waals surface area contributed by atoms with E-state index in [1.54, 1.807) is 0 Å². The third-order valence-corrected chi connectivity index (χ3v) is 4.12. The molecule has 2 saturated heterocycles. The van der Waals surface area contributed by atoms with Crippen LogP contribution in [0.4, 0.5) is 0 Å². The molecule has 0 aromatic heterocycles. The van der Waals surface area contributed by atoms with Crippen molar-refractivity contribution >= 4 is 11.8 Å². The molecule has 4 nitrogen and oxygen atoms in total. The van der Waals surface area contributed by atoms with Gasteiger partial charge in [-0.1, -0.05) is 19.1 Å². The SMILES string of the molecule is CCN1C(=O)C2C3C=CC(CC)(O3)C2C1=O. The first-order chi connectivity index (χ1) is 7.64. The van der Waals surface area contributed by atoms with Crippen LogP contribution < -0.4 is 0 Å². The summed E-state index contributed by atoms with van der Waals surface area (Å²) in [7, 11) is 0. The van der Waals surface area contributed by atoms with Gasteiger partial charge in [-0.2, -0.15) is 0 Å². The first-order valence-corrected chi connectivity index (χ1v) is 5.87. The number of carbonyl (C=O) groups excluding carboxylic acids is 2. The second kappa shape index (κ2) is 2.94. The van der Waals surface area contributed by atoms with Crippen molar-refractivity contribution in [1.29, 1.82) is 0 Å². The highest BCUT2D eigenvalue weighted by atomic mass is 16.5. The van der Waals surface area contributed by atoms with Gasteiger partial charge in [0.1, 0.15) is 0 Å². The van der Waals surface area contributed by atoms with Crippen molar-refractivity contribution in [2.75, 3.05) is 6.54 Å². The van der Waals surface area contributed by atoms with Crippen LogP contribution in [0.25, 0.3) is 0 Å². The molecule has 0 N–H and O–H groups in total. The normalized spacial score (nSPS) is 44.6. The Kier molecular flexibility index (Phi) is 1.84. The van der Waals surface area contributed by atoms with Crippen molar-refractivity contribution in [2.45, 2.75) is 32.0 Å². The molecule has 0 radical (unpaired) electrons. The maximum Gasteiger partial charge on any atom is 0.236 e. The zero-order chi connectivity index (χ0) is 11.5. The van der Waals surface area contributed by atoms with Crippen LogP contribution in [0.1, 0.15) is 20.3 Å². The summed E-state index contributed by atoms with van der Waals surface area (Å²) in [5.74, 6) is -0.647. The van der Waals surface area contributed by atoms with Gasteiger partial charge >= 0.3 is 0 Å². The van der Waals surface area contributed by atoms with Gasteiger partial charge in [-0.3, -0.25) is 14.5 Å². The van der Waals surface area contributed by atoms with Crippen molar-refractivity contribution < 1.29 is 14.3 Å². The molecule has 3 aliphatic heterocycles. The Bertz CT molecular complexity index is 403. The van der Waals surface area contributed by atoms with Gasteiger partial charge in [-0.05, 0) is 13.3 Å². The van der Waals surface area contributed by atoms with Gasteiger partial charge in [-0.25, -0.2) is 0 Å². The highest BCUT2D eigenvalue weighted by molar-refractivity contribution is 6.07. The molecule has 0 aromatic rings. The topological polar surface area (TPSA) is 46.6 Å². The molecule has 3 rings (SSSR count). The molecule has 0 aliphatic carbocycles. The summed E-state index contributed by atoms with van der Waals surface area (Å²) in [6, 6.07) is 0. The van der Waals surface area contributed by atoms with Gasteiger partial charge in [-0.15, -0.1) is 0 Å². The van der Waals surface area contributed by atoms with Gasteiger partial charge in [0.2, 0.25) is 11.8 Å². The van der Waals surface area contributed by atoms with Crippen LogP contribution in [-0.2, 0) is 14.3 Å². The Morgan fingerprint density at radius 1 is 1.38 bits per heavy atom. The van der Waals surface area contributed by atoms with E-state index in [9.17, 15) is 9.59 Å². The van der Waals surface area contributed by atoms with E-state index in [1.165, 1.54) is 4.90 Å². The summed E-state index contributed by atoms with van der Waals surface area (Å²) in [4.78, 5) is 25.6. The van der Waals surface area contributed by atoms with Gasteiger partial charge in [0, 0.05) is 6.54 Å². The molecule has 4 atom stereocenters. The largest absolute Gasteiger partial charge is 0.362 e. The number of carbonyl (C=O) groups is 2. The third kappa shape index (κ3) is 0.895. The Labute approximate surface area is 94.2 Å². The third-order valence-electron chi connectivity index (χ3n) is 4.12. The monoisotopic (exact) mass is 221 g/mol. The van der Waals surface area contributed by atoms with Crippen molar-refractivity contribution in [1.82, 2.24) is 4.90 Å². The smallest absolute Gasteiger partial charge is 0.236 e. The zero-order valence-electron chi connectivity index (χ0n) is 9.47. The second-order valence-electron chi connectivity index (χ2n) is 4.67. The molecule has 2 amide bonds. The highest BCUT2D eigenvalue weighted by Crippen LogP contribution is 2.52. The van der Waals surface area contributed by atoms with Crippen LogP contribution in [0.3, 0.4) is 0 Å². The standard InChI is InChI=1S/C12H15NO3/c1-3-12-6-5-7(16-12)8-9(12)11(15)13(4-2)10(8)14/h5-9H,3-4H2,1-2H3. The summed E-state index contributed by atoms with van der Waals surface area (Å²) in [6.45, 7) is 4.31. The quantitative estimate of drug-likeness (QED) is 0.510. The van der Waals surface area contributed by atoms with Crippen LogP contribution in [-0.4, -0.2) is 35.0 Å². The summed E-state index contributed by atoms with van der Waals surface area (Å²) < 4.78 is 5.83.